The van der Waals surface area contributed by atoms with Gasteiger partial charge in [-0.2, -0.15) is 0 Å². The van der Waals surface area contributed by atoms with Crippen molar-refractivity contribution in [2.45, 2.75) is 44.9 Å². The van der Waals surface area contributed by atoms with E-state index in [4.69, 9.17) is 21.1 Å². The van der Waals surface area contributed by atoms with Crippen LogP contribution in [0.5, 0.6) is 11.5 Å². The highest BCUT2D eigenvalue weighted by Gasteiger charge is 2.18. The first-order chi connectivity index (χ1) is 13.2. The van der Waals surface area contributed by atoms with Crippen LogP contribution in [0.4, 0.5) is 4.79 Å². The highest BCUT2D eigenvalue weighted by molar-refractivity contribution is 6.31. The predicted molar refractivity (Wildman–Crippen MR) is 106 cm³/mol. The summed E-state index contributed by atoms with van der Waals surface area (Å²) in [6.45, 7) is 0.781. The molecule has 5 nitrogen and oxygen atoms in total. The van der Waals surface area contributed by atoms with E-state index < -0.39 is 0 Å². The maximum absolute atomic E-state index is 12.1. The molecule has 1 saturated carbocycles. The van der Waals surface area contributed by atoms with Gasteiger partial charge in [0.15, 0.2) is 11.5 Å². The average Bonchev–Trinajstić information content (AvgIpc) is 3.19. The second-order valence-corrected chi connectivity index (χ2v) is 7.04. The van der Waals surface area contributed by atoms with E-state index in [-0.39, 0.29) is 12.1 Å². The summed E-state index contributed by atoms with van der Waals surface area (Å²) in [6.07, 6.45) is 4.83. The normalized spacial score (nSPS) is 14.0. The van der Waals surface area contributed by atoms with Crippen molar-refractivity contribution in [1.29, 1.82) is 0 Å². The van der Waals surface area contributed by atoms with E-state index in [2.05, 4.69) is 10.6 Å². The maximum atomic E-state index is 12.1. The Bertz CT molecular complexity index is 776. The highest BCUT2D eigenvalue weighted by Crippen LogP contribution is 2.32. The minimum atomic E-state index is -0.246. The van der Waals surface area contributed by atoms with Crippen LogP contribution in [-0.2, 0) is 13.1 Å². The molecule has 27 heavy (non-hydrogen) atoms. The predicted octanol–water partition coefficient (Wildman–Crippen LogP) is 4.67. The van der Waals surface area contributed by atoms with Gasteiger partial charge in [-0.05, 0) is 55.0 Å². The molecule has 0 atom stereocenters. The largest absolute Gasteiger partial charge is 0.493 e. The molecule has 2 amide bonds. The molecule has 1 aliphatic carbocycles. The van der Waals surface area contributed by atoms with Gasteiger partial charge in [-0.15, -0.1) is 0 Å². The summed E-state index contributed by atoms with van der Waals surface area (Å²) in [5.41, 5.74) is 1.84. The molecule has 0 saturated heterocycles. The van der Waals surface area contributed by atoms with Crippen molar-refractivity contribution in [2.24, 2.45) is 0 Å². The minimum absolute atomic E-state index is 0.246. The Morgan fingerprint density at radius 2 is 1.81 bits per heavy atom. The molecular formula is C21H25ClN2O3. The fourth-order valence-electron chi connectivity index (χ4n) is 3.17. The number of nitrogens with one attached hydrogen (secondary N) is 2. The zero-order valence-corrected chi connectivity index (χ0v) is 16.2. The summed E-state index contributed by atoms with van der Waals surface area (Å²) < 4.78 is 11.5. The minimum Gasteiger partial charge on any atom is -0.493 e. The molecule has 6 heteroatoms. The molecule has 0 unspecified atom stereocenters. The van der Waals surface area contributed by atoms with Crippen molar-refractivity contribution in [1.82, 2.24) is 10.6 Å². The second-order valence-electron chi connectivity index (χ2n) is 6.64. The number of benzene rings is 2. The number of urea groups is 1. The van der Waals surface area contributed by atoms with Gasteiger partial charge in [0.05, 0.1) is 13.2 Å². The summed E-state index contributed by atoms with van der Waals surface area (Å²) in [6, 6.07) is 12.9. The molecule has 2 N–H and O–H groups in total. The summed E-state index contributed by atoms with van der Waals surface area (Å²) in [4.78, 5) is 12.1. The standard InChI is InChI=1S/C21H25ClN2O3/c1-26-19-11-10-15(12-20(19)27-17-7-3-4-8-17)13-23-21(25)24-14-16-6-2-5-9-18(16)22/h2,5-6,9-12,17H,3-4,7-8,13-14H2,1H3,(H2,23,24,25). The van der Waals surface area contributed by atoms with Crippen LogP contribution in [0.15, 0.2) is 42.5 Å². The van der Waals surface area contributed by atoms with Gasteiger partial charge in [0.25, 0.3) is 0 Å². The van der Waals surface area contributed by atoms with Gasteiger partial charge in [0.2, 0.25) is 0 Å². The summed E-state index contributed by atoms with van der Waals surface area (Å²) in [5.74, 6) is 1.45. The van der Waals surface area contributed by atoms with Crippen molar-refractivity contribution in [3.63, 3.8) is 0 Å². The third-order valence-corrected chi connectivity index (χ3v) is 5.04. The van der Waals surface area contributed by atoms with E-state index in [1.807, 2.05) is 36.4 Å². The number of ether oxygens (including phenoxy) is 2. The van der Waals surface area contributed by atoms with Crippen LogP contribution in [0.25, 0.3) is 0 Å². The van der Waals surface area contributed by atoms with Crippen LogP contribution in [0, 0.1) is 0 Å². The lowest BCUT2D eigenvalue weighted by Crippen LogP contribution is -2.34. The van der Waals surface area contributed by atoms with Crippen LogP contribution in [0.3, 0.4) is 0 Å². The first-order valence-electron chi connectivity index (χ1n) is 9.24. The van der Waals surface area contributed by atoms with Gasteiger partial charge < -0.3 is 20.1 Å². The molecule has 0 heterocycles. The third kappa shape index (κ3) is 5.54. The summed E-state index contributed by atoms with van der Waals surface area (Å²) in [7, 11) is 1.64. The average molecular weight is 389 g/mol. The molecule has 144 valence electrons. The van der Waals surface area contributed by atoms with Crippen molar-refractivity contribution >= 4 is 17.6 Å². The summed E-state index contributed by atoms with van der Waals surface area (Å²) in [5, 5.41) is 6.31. The van der Waals surface area contributed by atoms with Gasteiger partial charge >= 0.3 is 6.03 Å². The van der Waals surface area contributed by atoms with Crippen LogP contribution in [0.1, 0.15) is 36.8 Å². The van der Waals surface area contributed by atoms with Crippen LogP contribution in [-0.4, -0.2) is 19.2 Å². The Hall–Kier alpha value is -2.40. The molecule has 0 aliphatic heterocycles. The lowest BCUT2D eigenvalue weighted by molar-refractivity contribution is 0.200. The van der Waals surface area contributed by atoms with Crippen molar-refractivity contribution in [2.75, 3.05) is 7.11 Å². The zero-order chi connectivity index (χ0) is 19.1. The Morgan fingerprint density at radius 1 is 1.07 bits per heavy atom. The quantitative estimate of drug-likeness (QED) is 0.724. The fourth-order valence-corrected chi connectivity index (χ4v) is 3.37. The molecule has 3 rings (SSSR count). The van der Waals surface area contributed by atoms with Crippen molar-refractivity contribution in [3.05, 3.63) is 58.6 Å². The van der Waals surface area contributed by atoms with E-state index in [9.17, 15) is 4.79 Å². The zero-order valence-electron chi connectivity index (χ0n) is 15.5. The smallest absolute Gasteiger partial charge is 0.315 e. The number of carbonyl (C=O) groups excluding carboxylic acids is 1. The SMILES string of the molecule is COc1ccc(CNC(=O)NCc2ccccc2Cl)cc1OC1CCCC1. The second kappa shape index (κ2) is 9.51. The van der Waals surface area contributed by atoms with Crippen molar-refractivity contribution < 1.29 is 14.3 Å². The van der Waals surface area contributed by atoms with E-state index in [0.29, 0.717) is 23.9 Å². The molecule has 0 aromatic heterocycles. The molecule has 0 spiro atoms. The van der Waals surface area contributed by atoms with Gasteiger partial charge in [-0.25, -0.2) is 4.79 Å². The number of rotatable bonds is 7. The Kier molecular flexibility index (Phi) is 6.82. The van der Waals surface area contributed by atoms with E-state index in [1.54, 1.807) is 13.2 Å². The monoisotopic (exact) mass is 388 g/mol. The topological polar surface area (TPSA) is 59.6 Å². The Morgan fingerprint density at radius 3 is 2.56 bits per heavy atom. The van der Waals surface area contributed by atoms with E-state index in [1.165, 1.54) is 12.8 Å². The molecule has 1 aliphatic rings. The fraction of sp³-hybridized carbons (Fsp3) is 0.381. The van der Waals surface area contributed by atoms with Gasteiger partial charge in [-0.1, -0.05) is 35.9 Å². The Labute approximate surface area is 165 Å². The van der Waals surface area contributed by atoms with E-state index >= 15 is 0 Å². The highest BCUT2D eigenvalue weighted by atomic mass is 35.5. The Balaban J connectivity index is 1.53. The molecule has 0 radical (unpaired) electrons. The molecule has 1 fully saturated rings. The number of hydrogen-bond donors (Lipinski definition) is 2. The van der Waals surface area contributed by atoms with Crippen LogP contribution >= 0.6 is 11.6 Å². The van der Waals surface area contributed by atoms with E-state index in [0.717, 1.165) is 29.7 Å². The lowest BCUT2D eigenvalue weighted by atomic mass is 10.2. The van der Waals surface area contributed by atoms with Gasteiger partial charge in [0.1, 0.15) is 0 Å². The van der Waals surface area contributed by atoms with Crippen molar-refractivity contribution in [3.8, 4) is 11.5 Å². The lowest BCUT2D eigenvalue weighted by Gasteiger charge is -2.17. The number of hydrogen-bond acceptors (Lipinski definition) is 3. The van der Waals surface area contributed by atoms with Crippen LogP contribution in [0.2, 0.25) is 5.02 Å². The molecular weight excluding hydrogens is 364 g/mol. The summed E-state index contributed by atoms with van der Waals surface area (Å²) >= 11 is 6.10. The number of carbonyl (C=O) groups is 1. The first-order valence-corrected chi connectivity index (χ1v) is 9.62. The number of halogens is 1. The maximum Gasteiger partial charge on any atom is 0.315 e. The van der Waals surface area contributed by atoms with Crippen LogP contribution < -0.4 is 20.1 Å². The molecule has 2 aromatic carbocycles. The molecule has 2 aromatic rings. The van der Waals surface area contributed by atoms with Gasteiger partial charge in [0, 0.05) is 18.1 Å². The number of methoxy groups -OCH3 is 1. The number of amides is 2. The third-order valence-electron chi connectivity index (χ3n) is 4.67. The first kappa shape index (κ1) is 19.4. The van der Waals surface area contributed by atoms with Gasteiger partial charge in [-0.3, -0.25) is 0 Å². The molecule has 0 bridgehead atoms.